The molecule has 1 aromatic carbocycles. The second-order valence-corrected chi connectivity index (χ2v) is 5.89. The third-order valence-corrected chi connectivity index (χ3v) is 4.35. The van der Waals surface area contributed by atoms with Crippen molar-refractivity contribution in [2.45, 2.75) is 6.54 Å². The van der Waals surface area contributed by atoms with E-state index < -0.39 is 0 Å². The van der Waals surface area contributed by atoms with E-state index in [1.165, 1.54) is 0 Å². The molecular weight excluding hydrogens is 306 g/mol. The average Bonchev–Trinajstić information content (AvgIpc) is 3.21. The fourth-order valence-corrected chi connectivity index (χ4v) is 3.16. The summed E-state index contributed by atoms with van der Waals surface area (Å²) in [6.45, 7) is 0.530. The molecule has 3 heterocycles. The standard InChI is InChI=1S/C15H10ClN3OS/c16-14-11-4-1-2-5-12(11)19(18-14)8-10-9-20-15(17-10)13-6-3-7-21-13/h1-7,9H,8H2. The molecule has 0 bridgehead atoms. The summed E-state index contributed by atoms with van der Waals surface area (Å²) in [4.78, 5) is 5.52. The van der Waals surface area contributed by atoms with Gasteiger partial charge in [-0.15, -0.1) is 11.3 Å². The van der Waals surface area contributed by atoms with E-state index in [0.717, 1.165) is 21.5 Å². The van der Waals surface area contributed by atoms with Crippen LogP contribution in [0.5, 0.6) is 0 Å². The molecule has 3 aromatic heterocycles. The van der Waals surface area contributed by atoms with Crippen LogP contribution in [0.25, 0.3) is 21.7 Å². The molecule has 4 aromatic rings. The molecule has 0 unspecified atom stereocenters. The zero-order valence-corrected chi connectivity index (χ0v) is 12.4. The maximum Gasteiger partial charge on any atom is 0.236 e. The lowest BCUT2D eigenvalue weighted by atomic mass is 10.2. The second-order valence-electron chi connectivity index (χ2n) is 4.59. The molecule has 0 radical (unpaired) electrons. The summed E-state index contributed by atoms with van der Waals surface area (Å²) in [7, 11) is 0. The van der Waals surface area contributed by atoms with Gasteiger partial charge in [0.1, 0.15) is 12.0 Å². The third kappa shape index (κ3) is 2.24. The Morgan fingerprint density at radius 3 is 2.95 bits per heavy atom. The van der Waals surface area contributed by atoms with Crippen LogP contribution in [0, 0.1) is 0 Å². The first-order chi connectivity index (χ1) is 10.3. The van der Waals surface area contributed by atoms with E-state index >= 15 is 0 Å². The first-order valence-electron chi connectivity index (χ1n) is 6.40. The zero-order chi connectivity index (χ0) is 14.2. The summed E-state index contributed by atoms with van der Waals surface area (Å²) in [5.74, 6) is 0.641. The minimum absolute atomic E-state index is 0.507. The number of fused-ring (bicyclic) bond motifs is 1. The minimum atomic E-state index is 0.507. The Hall–Kier alpha value is -2.11. The van der Waals surface area contributed by atoms with Gasteiger partial charge in [0.25, 0.3) is 0 Å². The van der Waals surface area contributed by atoms with Crippen LogP contribution in [0.3, 0.4) is 0 Å². The van der Waals surface area contributed by atoms with Crippen molar-refractivity contribution in [3.05, 3.63) is 58.9 Å². The molecule has 4 nitrogen and oxygen atoms in total. The number of nitrogens with zero attached hydrogens (tertiary/aromatic N) is 3. The first-order valence-corrected chi connectivity index (χ1v) is 7.66. The van der Waals surface area contributed by atoms with Crippen molar-refractivity contribution in [1.82, 2.24) is 14.8 Å². The van der Waals surface area contributed by atoms with Gasteiger partial charge in [-0.2, -0.15) is 5.10 Å². The first kappa shape index (κ1) is 12.6. The SMILES string of the molecule is Clc1nn(Cc2coc(-c3cccs3)n2)c2ccccc12. The predicted molar refractivity (Wildman–Crippen MR) is 83.7 cm³/mol. The van der Waals surface area contributed by atoms with Gasteiger partial charge in [-0.25, -0.2) is 4.98 Å². The summed E-state index contributed by atoms with van der Waals surface area (Å²) in [6, 6.07) is 11.8. The largest absolute Gasteiger partial charge is 0.443 e. The predicted octanol–water partition coefficient (Wildman–Crippen LogP) is 4.45. The lowest BCUT2D eigenvalue weighted by Crippen LogP contribution is -2.01. The Balaban J connectivity index is 1.69. The second kappa shape index (κ2) is 5.02. The minimum Gasteiger partial charge on any atom is -0.443 e. The van der Waals surface area contributed by atoms with Gasteiger partial charge >= 0.3 is 0 Å². The molecular formula is C15H10ClN3OS. The number of halogens is 1. The normalized spacial score (nSPS) is 11.3. The highest BCUT2D eigenvalue weighted by molar-refractivity contribution is 7.13. The summed E-state index contributed by atoms with van der Waals surface area (Å²) < 4.78 is 7.37. The monoisotopic (exact) mass is 315 g/mol. The number of benzene rings is 1. The van der Waals surface area contributed by atoms with Gasteiger partial charge in [0.2, 0.25) is 5.89 Å². The Morgan fingerprint density at radius 2 is 2.10 bits per heavy atom. The highest BCUT2D eigenvalue weighted by atomic mass is 35.5. The molecule has 0 fully saturated rings. The number of para-hydroxylation sites is 1. The van der Waals surface area contributed by atoms with Crippen molar-refractivity contribution in [2.75, 3.05) is 0 Å². The van der Waals surface area contributed by atoms with Gasteiger partial charge in [0.15, 0.2) is 5.15 Å². The van der Waals surface area contributed by atoms with Crippen molar-refractivity contribution >= 4 is 33.8 Å². The molecule has 0 atom stereocenters. The summed E-state index contributed by atoms with van der Waals surface area (Å²) >= 11 is 7.76. The molecule has 0 aliphatic heterocycles. The number of oxazole rings is 1. The van der Waals surface area contributed by atoms with Gasteiger partial charge in [-0.05, 0) is 23.6 Å². The smallest absolute Gasteiger partial charge is 0.236 e. The van der Waals surface area contributed by atoms with Crippen LogP contribution < -0.4 is 0 Å². The van der Waals surface area contributed by atoms with Crippen LogP contribution in [0.15, 0.2) is 52.5 Å². The molecule has 4 rings (SSSR count). The molecule has 104 valence electrons. The van der Waals surface area contributed by atoms with Gasteiger partial charge in [-0.1, -0.05) is 29.8 Å². The average molecular weight is 316 g/mol. The number of hydrogen-bond acceptors (Lipinski definition) is 4. The van der Waals surface area contributed by atoms with E-state index in [-0.39, 0.29) is 0 Å². The van der Waals surface area contributed by atoms with Crippen molar-refractivity contribution in [1.29, 1.82) is 0 Å². The molecule has 0 aliphatic carbocycles. The van der Waals surface area contributed by atoms with Crippen LogP contribution in [-0.2, 0) is 6.54 Å². The Kier molecular flexibility index (Phi) is 3.02. The maximum absolute atomic E-state index is 6.16. The van der Waals surface area contributed by atoms with E-state index in [1.54, 1.807) is 17.6 Å². The Morgan fingerprint density at radius 1 is 1.19 bits per heavy atom. The van der Waals surface area contributed by atoms with Crippen LogP contribution in [0.4, 0.5) is 0 Å². The van der Waals surface area contributed by atoms with E-state index in [1.807, 2.05) is 46.5 Å². The topological polar surface area (TPSA) is 43.9 Å². The van der Waals surface area contributed by atoms with Crippen molar-refractivity contribution in [3.8, 4) is 10.8 Å². The maximum atomic E-state index is 6.16. The summed E-state index contributed by atoms with van der Waals surface area (Å²) in [6.07, 6.45) is 1.67. The van der Waals surface area contributed by atoms with Gasteiger partial charge in [-0.3, -0.25) is 4.68 Å². The Bertz CT molecular complexity index is 895. The van der Waals surface area contributed by atoms with E-state index in [4.69, 9.17) is 16.0 Å². The van der Waals surface area contributed by atoms with Gasteiger partial charge < -0.3 is 4.42 Å². The van der Waals surface area contributed by atoms with E-state index in [2.05, 4.69) is 10.1 Å². The number of hydrogen-bond donors (Lipinski definition) is 0. The molecule has 6 heteroatoms. The van der Waals surface area contributed by atoms with Crippen LogP contribution in [0.2, 0.25) is 5.15 Å². The third-order valence-electron chi connectivity index (χ3n) is 3.21. The lowest BCUT2D eigenvalue weighted by molar-refractivity contribution is 0.571. The number of aromatic nitrogens is 3. The molecule has 0 amide bonds. The van der Waals surface area contributed by atoms with Crippen molar-refractivity contribution in [2.24, 2.45) is 0 Å². The summed E-state index contributed by atoms with van der Waals surface area (Å²) in [5, 5.41) is 7.81. The Labute approximate surface area is 129 Å². The lowest BCUT2D eigenvalue weighted by Gasteiger charge is -1.99. The van der Waals surface area contributed by atoms with Crippen LogP contribution in [-0.4, -0.2) is 14.8 Å². The molecule has 0 saturated carbocycles. The fourth-order valence-electron chi connectivity index (χ4n) is 2.25. The summed E-state index contributed by atoms with van der Waals surface area (Å²) in [5.41, 5.74) is 1.81. The number of thiophene rings is 1. The molecule has 0 spiro atoms. The van der Waals surface area contributed by atoms with Gasteiger partial charge in [0.05, 0.1) is 16.9 Å². The highest BCUT2D eigenvalue weighted by Crippen LogP contribution is 2.25. The van der Waals surface area contributed by atoms with E-state index in [9.17, 15) is 0 Å². The highest BCUT2D eigenvalue weighted by Gasteiger charge is 2.12. The van der Waals surface area contributed by atoms with Crippen molar-refractivity contribution in [3.63, 3.8) is 0 Å². The zero-order valence-electron chi connectivity index (χ0n) is 10.9. The molecule has 0 N–H and O–H groups in total. The van der Waals surface area contributed by atoms with Crippen molar-refractivity contribution < 1.29 is 4.42 Å². The van der Waals surface area contributed by atoms with E-state index in [0.29, 0.717) is 17.6 Å². The molecule has 0 aliphatic rings. The fraction of sp³-hybridized carbons (Fsp3) is 0.0667. The quantitative estimate of drug-likeness (QED) is 0.561. The number of rotatable bonds is 3. The van der Waals surface area contributed by atoms with Gasteiger partial charge in [0, 0.05) is 5.39 Å². The molecule has 21 heavy (non-hydrogen) atoms. The molecule has 0 saturated heterocycles. The van der Waals surface area contributed by atoms with Crippen LogP contribution in [0.1, 0.15) is 5.69 Å². The van der Waals surface area contributed by atoms with Crippen LogP contribution >= 0.6 is 22.9 Å².